The second-order valence-electron chi connectivity index (χ2n) is 2.55. The molecule has 0 heterocycles. The Hall–Kier alpha value is -0.120. The van der Waals surface area contributed by atoms with Gasteiger partial charge in [-0.25, -0.2) is 4.39 Å². The van der Waals surface area contributed by atoms with Crippen LogP contribution in [0.3, 0.4) is 0 Å². The van der Waals surface area contributed by atoms with E-state index in [0.717, 1.165) is 0 Å². The fraction of sp³-hybridized carbons (Fsp3) is 0.250. The first-order valence-electron chi connectivity index (χ1n) is 3.43. The molecule has 4 heteroatoms. The van der Waals surface area contributed by atoms with Crippen molar-refractivity contribution in [2.24, 2.45) is 5.73 Å². The Labute approximate surface area is 83.8 Å². The lowest BCUT2D eigenvalue weighted by Crippen LogP contribution is -2.08. The lowest BCUT2D eigenvalue weighted by Gasteiger charge is -2.10. The van der Waals surface area contributed by atoms with E-state index >= 15 is 0 Å². The zero-order valence-corrected chi connectivity index (χ0v) is 8.79. The van der Waals surface area contributed by atoms with E-state index in [4.69, 9.17) is 17.3 Å². The molecule has 0 amide bonds. The number of hydrogen-bond acceptors (Lipinski definition) is 1. The minimum atomic E-state index is -0.443. The molecule has 1 nitrogen and oxygen atoms in total. The summed E-state index contributed by atoms with van der Waals surface area (Å²) in [6, 6.07) is 2.81. The van der Waals surface area contributed by atoms with Crippen LogP contribution in [0.2, 0.25) is 5.02 Å². The van der Waals surface area contributed by atoms with Crippen LogP contribution in [0.1, 0.15) is 18.5 Å². The van der Waals surface area contributed by atoms with E-state index in [0.29, 0.717) is 10.0 Å². The molecule has 2 N–H and O–H groups in total. The van der Waals surface area contributed by atoms with Gasteiger partial charge in [-0.1, -0.05) is 27.5 Å². The number of halogens is 3. The third kappa shape index (κ3) is 1.79. The van der Waals surface area contributed by atoms with E-state index in [2.05, 4.69) is 15.9 Å². The zero-order chi connectivity index (χ0) is 9.30. The first-order valence-corrected chi connectivity index (χ1v) is 4.60. The van der Waals surface area contributed by atoms with Crippen LogP contribution in [0.5, 0.6) is 0 Å². The molecule has 0 unspecified atom stereocenters. The van der Waals surface area contributed by atoms with Crippen LogP contribution < -0.4 is 5.73 Å². The molecule has 0 bridgehead atoms. The molecule has 0 radical (unpaired) electrons. The molecule has 0 aliphatic carbocycles. The quantitative estimate of drug-likeness (QED) is 0.763. The minimum Gasteiger partial charge on any atom is -0.324 e. The molecular formula is C8H8BrClFN. The maximum atomic E-state index is 13.3. The van der Waals surface area contributed by atoms with Crippen molar-refractivity contribution in [2.45, 2.75) is 13.0 Å². The Kier molecular flexibility index (Phi) is 3.09. The summed E-state index contributed by atoms with van der Waals surface area (Å²) >= 11 is 8.78. The van der Waals surface area contributed by atoms with Crippen LogP contribution >= 0.6 is 27.5 Å². The van der Waals surface area contributed by atoms with Crippen molar-refractivity contribution in [3.05, 3.63) is 33.0 Å². The molecule has 66 valence electrons. The molecular weight excluding hydrogens is 244 g/mol. The maximum Gasteiger partial charge on any atom is 0.147 e. The van der Waals surface area contributed by atoms with Crippen LogP contribution in [0.25, 0.3) is 0 Å². The van der Waals surface area contributed by atoms with Crippen molar-refractivity contribution in [1.29, 1.82) is 0 Å². The maximum absolute atomic E-state index is 13.3. The summed E-state index contributed by atoms with van der Waals surface area (Å²) in [5, 5.41) is 0.102. The van der Waals surface area contributed by atoms with Crippen LogP contribution in [0, 0.1) is 5.82 Å². The highest BCUT2D eigenvalue weighted by Crippen LogP contribution is 2.29. The van der Waals surface area contributed by atoms with E-state index in [9.17, 15) is 4.39 Å². The molecule has 0 saturated carbocycles. The van der Waals surface area contributed by atoms with E-state index < -0.39 is 5.82 Å². The highest BCUT2D eigenvalue weighted by atomic mass is 79.9. The molecule has 1 aromatic carbocycles. The van der Waals surface area contributed by atoms with E-state index in [1.165, 1.54) is 6.07 Å². The van der Waals surface area contributed by atoms with Gasteiger partial charge in [0.25, 0.3) is 0 Å². The summed E-state index contributed by atoms with van der Waals surface area (Å²) in [4.78, 5) is 0. The first-order chi connectivity index (χ1) is 5.54. The summed E-state index contributed by atoms with van der Waals surface area (Å²) < 4.78 is 13.9. The largest absolute Gasteiger partial charge is 0.324 e. The van der Waals surface area contributed by atoms with Crippen molar-refractivity contribution in [1.82, 2.24) is 0 Å². The molecule has 0 aliphatic heterocycles. The van der Waals surface area contributed by atoms with Crippen molar-refractivity contribution in [3.63, 3.8) is 0 Å². The van der Waals surface area contributed by atoms with Gasteiger partial charge in [-0.2, -0.15) is 0 Å². The van der Waals surface area contributed by atoms with Crippen molar-refractivity contribution in [2.75, 3.05) is 0 Å². The molecule has 0 aromatic heterocycles. The predicted octanol–water partition coefficient (Wildman–Crippen LogP) is 3.26. The van der Waals surface area contributed by atoms with Gasteiger partial charge in [0.2, 0.25) is 0 Å². The smallest absolute Gasteiger partial charge is 0.147 e. The third-order valence-electron chi connectivity index (χ3n) is 1.53. The lowest BCUT2D eigenvalue weighted by atomic mass is 10.1. The fourth-order valence-electron chi connectivity index (χ4n) is 0.960. The summed E-state index contributed by atoms with van der Waals surface area (Å²) in [5.74, 6) is -0.443. The fourth-order valence-corrected chi connectivity index (χ4v) is 1.79. The van der Waals surface area contributed by atoms with Gasteiger partial charge in [-0.15, -0.1) is 0 Å². The van der Waals surface area contributed by atoms with Gasteiger partial charge in [-0.3, -0.25) is 0 Å². The van der Waals surface area contributed by atoms with Crippen LogP contribution in [-0.4, -0.2) is 0 Å². The Morgan fingerprint density at radius 2 is 2.17 bits per heavy atom. The summed E-state index contributed by atoms with van der Waals surface area (Å²) in [6.45, 7) is 1.71. The molecule has 1 rings (SSSR count). The molecule has 0 fully saturated rings. The topological polar surface area (TPSA) is 26.0 Å². The van der Waals surface area contributed by atoms with Crippen molar-refractivity contribution in [3.8, 4) is 0 Å². The van der Waals surface area contributed by atoms with Crippen LogP contribution in [-0.2, 0) is 0 Å². The van der Waals surface area contributed by atoms with Crippen LogP contribution in [0.15, 0.2) is 16.6 Å². The van der Waals surface area contributed by atoms with Crippen molar-refractivity contribution >= 4 is 27.5 Å². The SMILES string of the molecule is C[C@H](N)c1c(Br)ccc(Cl)c1F. The minimum absolute atomic E-state index is 0.102. The number of benzene rings is 1. The van der Waals surface area contributed by atoms with Gasteiger partial charge < -0.3 is 5.73 Å². The summed E-state index contributed by atoms with van der Waals surface area (Å²) in [5.41, 5.74) is 5.97. The Morgan fingerprint density at radius 1 is 1.58 bits per heavy atom. The normalized spacial score (nSPS) is 13.1. The van der Waals surface area contributed by atoms with Crippen LogP contribution in [0.4, 0.5) is 4.39 Å². The second kappa shape index (κ2) is 3.73. The monoisotopic (exact) mass is 251 g/mol. The molecule has 12 heavy (non-hydrogen) atoms. The first kappa shape index (κ1) is 9.96. The van der Waals surface area contributed by atoms with Gasteiger partial charge in [0.1, 0.15) is 5.82 Å². The predicted molar refractivity (Wildman–Crippen MR) is 51.7 cm³/mol. The van der Waals surface area contributed by atoms with E-state index in [1.807, 2.05) is 0 Å². The zero-order valence-electron chi connectivity index (χ0n) is 6.44. The Morgan fingerprint density at radius 3 is 2.58 bits per heavy atom. The van der Waals surface area contributed by atoms with Gasteiger partial charge in [0.05, 0.1) is 5.02 Å². The van der Waals surface area contributed by atoms with E-state index in [-0.39, 0.29) is 11.1 Å². The third-order valence-corrected chi connectivity index (χ3v) is 2.52. The molecule has 0 saturated heterocycles. The lowest BCUT2D eigenvalue weighted by molar-refractivity contribution is 0.592. The average molecular weight is 253 g/mol. The van der Waals surface area contributed by atoms with E-state index in [1.54, 1.807) is 13.0 Å². The molecule has 0 aliphatic rings. The standard InChI is InChI=1S/C8H8BrClFN/c1-4(12)7-5(9)2-3-6(10)8(7)11/h2-4H,12H2,1H3/t4-/m0/s1. The Balaban J connectivity index is 3.33. The highest BCUT2D eigenvalue weighted by molar-refractivity contribution is 9.10. The second-order valence-corrected chi connectivity index (χ2v) is 3.81. The Bertz CT molecular complexity index is 301. The number of hydrogen-bond donors (Lipinski definition) is 1. The average Bonchev–Trinajstić information content (AvgIpc) is 1.97. The number of rotatable bonds is 1. The summed E-state index contributed by atoms with van der Waals surface area (Å²) in [6.07, 6.45) is 0. The highest BCUT2D eigenvalue weighted by Gasteiger charge is 2.13. The van der Waals surface area contributed by atoms with Crippen molar-refractivity contribution < 1.29 is 4.39 Å². The van der Waals surface area contributed by atoms with Gasteiger partial charge in [0, 0.05) is 16.1 Å². The molecule has 0 spiro atoms. The number of nitrogens with two attached hydrogens (primary N) is 1. The van der Waals surface area contributed by atoms with Gasteiger partial charge >= 0.3 is 0 Å². The molecule has 1 aromatic rings. The molecule has 1 atom stereocenters. The summed E-state index contributed by atoms with van der Waals surface area (Å²) in [7, 11) is 0. The van der Waals surface area contributed by atoms with Gasteiger partial charge in [-0.05, 0) is 19.1 Å². The van der Waals surface area contributed by atoms with Gasteiger partial charge in [0.15, 0.2) is 0 Å².